The average molecular weight is 370 g/mol. The maximum Gasteiger partial charge on any atom is 0.274 e. The van der Waals surface area contributed by atoms with Crippen LogP contribution < -0.4 is 5.56 Å². The lowest BCUT2D eigenvalue weighted by Gasteiger charge is -2.22. The first-order chi connectivity index (χ1) is 12.9. The number of nitrogens with zero attached hydrogens (tertiary/aromatic N) is 4. The van der Waals surface area contributed by atoms with Crippen molar-refractivity contribution in [2.24, 2.45) is 17.8 Å². The van der Waals surface area contributed by atoms with E-state index in [9.17, 15) is 14.4 Å². The van der Waals surface area contributed by atoms with E-state index in [1.165, 1.54) is 12.1 Å². The molecule has 2 aromatic heterocycles. The highest BCUT2D eigenvalue weighted by Crippen LogP contribution is 2.52. The van der Waals surface area contributed by atoms with E-state index in [1.807, 2.05) is 11.8 Å². The van der Waals surface area contributed by atoms with Crippen molar-refractivity contribution in [2.45, 2.75) is 13.3 Å². The summed E-state index contributed by atoms with van der Waals surface area (Å²) >= 11 is 0. The fraction of sp³-hybridized carbons (Fsp3) is 0.500. The van der Waals surface area contributed by atoms with Gasteiger partial charge < -0.3 is 14.8 Å². The summed E-state index contributed by atoms with van der Waals surface area (Å²) in [6, 6.07) is 2.73. The number of aromatic nitrogens is 4. The first-order valence-corrected chi connectivity index (χ1v) is 9.02. The van der Waals surface area contributed by atoms with Crippen LogP contribution >= 0.6 is 0 Å². The lowest BCUT2D eigenvalue weighted by molar-refractivity contribution is -0.130. The Hall–Kier alpha value is -2.97. The number of nitrogens with one attached hydrogen (secondary N) is 2. The van der Waals surface area contributed by atoms with Gasteiger partial charge in [-0.25, -0.2) is 10.1 Å². The van der Waals surface area contributed by atoms with Crippen molar-refractivity contribution in [1.29, 1.82) is 0 Å². The van der Waals surface area contributed by atoms with E-state index in [2.05, 4.69) is 20.2 Å². The van der Waals surface area contributed by atoms with Crippen molar-refractivity contribution < 1.29 is 9.59 Å². The van der Waals surface area contributed by atoms with E-state index in [4.69, 9.17) is 0 Å². The van der Waals surface area contributed by atoms with Gasteiger partial charge in [-0.1, -0.05) is 0 Å². The molecule has 2 aromatic rings. The quantitative estimate of drug-likeness (QED) is 0.758. The van der Waals surface area contributed by atoms with Gasteiger partial charge in [0, 0.05) is 38.4 Å². The Labute approximate surface area is 155 Å². The van der Waals surface area contributed by atoms with Gasteiger partial charge in [-0.05, 0) is 30.7 Å². The van der Waals surface area contributed by atoms with Crippen molar-refractivity contribution in [3.8, 4) is 0 Å². The third-order valence-corrected chi connectivity index (χ3v) is 5.71. The van der Waals surface area contributed by atoms with Crippen LogP contribution in [0.25, 0.3) is 0 Å². The van der Waals surface area contributed by atoms with Gasteiger partial charge in [0.15, 0.2) is 0 Å². The summed E-state index contributed by atoms with van der Waals surface area (Å²) in [6.45, 7) is 4.04. The highest BCUT2D eigenvalue weighted by molar-refractivity contribution is 5.91. The van der Waals surface area contributed by atoms with Crippen LogP contribution in [0, 0.1) is 24.7 Å². The fourth-order valence-corrected chi connectivity index (χ4v) is 4.00. The highest BCUT2D eigenvalue weighted by Gasteiger charge is 2.56. The smallest absolute Gasteiger partial charge is 0.274 e. The zero-order valence-corrected chi connectivity index (χ0v) is 15.3. The maximum atomic E-state index is 12.5. The molecule has 3 atom stereocenters. The topological polar surface area (TPSA) is 115 Å². The molecule has 0 spiro atoms. The molecule has 2 fully saturated rings. The van der Waals surface area contributed by atoms with Gasteiger partial charge in [-0.2, -0.15) is 5.10 Å². The van der Waals surface area contributed by atoms with E-state index in [0.29, 0.717) is 30.7 Å². The molecular formula is C18H22N6O3. The Bertz CT molecular complexity index is 903. The van der Waals surface area contributed by atoms with Crippen molar-refractivity contribution in [2.75, 3.05) is 26.7 Å². The Morgan fingerprint density at radius 3 is 2.63 bits per heavy atom. The van der Waals surface area contributed by atoms with Gasteiger partial charge in [-0.3, -0.25) is 14.4 Å². The maximum absolute atomic E-state index is 12.5. The number of H-pyrrole nitrogens is 2. The Morgan fingerprint density at radius 2 is 2.04 bits per heavy atom. The first-order valence-electron chi connectivity index (χ1n) is 9.02. The largest absolute Gasteiger partial charge is 0.348 e. The number of carbonyl (C=O) groups is 2. The number of carbonyl (C=O) groups excluding carboxylic acids is 2. The number of aryl methyl sites for hydroxylation is 1. The monoisotopic (exact) mass is 370 g/mol. The molecule has 2 amide bonds. The molecule has 1 aliphatic heterocycles. The zero-order valence-electron chi connectivity index (χ0n) is 15.3. The molecule has 27 heavy (non-hydrogen) atoms. The van der Waals surface area contributed by atoms with Crippen molar-refractivity contribution >= 4 is 11.8 Å². The van der Waals surface area contributed by atoms with Crippen LogP contribution in [-0.4, -0.2) is 68.5 Å². The Morgan fingerprint density at radius 1 is 1.30 bits per heavy atom. The predicted molar refractivity (Wildman–Crippen MR) is 95.9 cm³/mol. The molecule has 2 N–H and O–H groups in total. The summed E-state index contributed by atoms with van der Waals surface area (Å²) < 4.78 is 0. The molecule has 0 aromatic carbocycles. The molecule has 1 unspecified atom stereocenters. The minimum Gasteiger partial charge on any atom is -0.348 e. The number of likely N-dealkylation sites (tertiary alicyclic amines) is 1. The summed E-state index contributed by atoms with van der Waals surface area (Å²) in [5, 5.41) is 6.07. The fourth-order valence-electron chi connectivity index (χ4n) is 4.00. The van der Waals surface area contributed by atoms with Gasteiger partial charge >= 0.3 is 0 Å². The van der Waals surface area contributed by atoms with Crippen molar-refractivity contribution in [1.82, 2.24) is 30.0 Å². The molecule has 0 bridgehead atoms. The van der Waals surface area contributed by atoms with Crippen molar-refractivity contribution in [3.05, 3.63) is 45.9 Å². The number of imidazole rings is 1. The van der Waals surface area contributed by atoms with Crippen LogP contribution in [-0.2, 0) is 11.2 Å². The van der Waals surface area contributed by atoms with E-state index >= 15 is 0 Å². The van der Waals surface area contributed by atoms with Crippen LogP contribution in [0.2, 0.25) is 0 Å². The van der Waals surface area contributed by atoms with Crippen LogP contribution in [0.15, 0.2) is 23.3 Å². The van der Waals surface area contributed by atoms with Gasteiger partial charge in [0.1, 0.15) is 5.69 Å². The van der Waals surface area contributed by atoms with E-state index < -0.39 is 0 Å². The molecule has 0 radical (unpaired) electrons. The Balaban J connectivity index is 1.28. The molecule has 1 saturated carbocycles. The molecule has 1 saturated heterocycles. The zero-order chi connectivity index (χ0) is 19.1. The second kappa shape index (κ2) is 6.64. The third kappa shape index (κ3) is 3.36. The van der Waals surface area contributed by atoms with Gasteiger partial charge in [0.05, 0.1) is 18.4 Å². The SMILES string of the molecule is Cc1[nH]cnc1CC(=O)N1C[C@@H]2C(CN(C)C(=O)c3ccc(=O)[nH]n3)[C@@H]2C1. The van der Waals surface area contributed by atoms with Crippen LogP contribution in [0.3, 0.4) is 0 Å². The van der Waals surface area contributed by atoms with Crippen LogP contribution in [0.5, 0.6) is 0 Å². The number of rotatable bonds is 5. The molecule has 2 aliphatic rings. The summed E-state index contributed by atoms with van der Waals surface area (Å²) in [5.41, 5.74) is 1.63. The Kier molecular flexibility index (Phi) is 4.29. The number of amides is 2. The minimum atomic E-state index is -0.333. The molecule has 9 nitrogen and oxygen atoms in total. The molecule has 1 aliphatic carbocycles. The second-order valence-electron chi connectivity index (χ2n) is 7.43. The predicted octanol–water partition coefficient (Wildman–Crippen LogP) is -0.179. The normalized spacial score (nSPS) is 23.2. The van der Waals surface area contributed by atoms with E-state index in [-0.39, 0.29) is 23.1 Å². The summed E-state index contributed by atoms with van der Waals surface area (Å²) in [7, 11) is 1.74. The van der Waals surface area contributed by atoms with Crippen molar-refractivity contribution in [3.63, 3.8) is 0 Å². The first kappa shape index (κ1) is 17.4. The summed E-state index contributed by atoms with van der Waals surface area (Å²) in [6.07, 6.45) is 1.94. The number of hydrogen-bond acceptors (Lipinski definition) is 5. The second-order valence-corrected chi connectivity index (χ2v) is 7.43. The number of hydrogen-bond donors (Lipinski definition) is 2. The number of aromatic amines is 2. The van der Waals surface area contributed by atoms with Crippen LogP contribution in [0.4, 0.5) is 0 Å². The molecule has 142 valence electrons. The molecule has 9 heteroatoms. The number of piperidine rings is 1. The third-order valence-electron chi connectivity index (χ3n) is 5.71. The molecule has 3 heterocycles. The average Bonchev–Trinajstić information content (AvgIpc) is 3.00. The van der Waals surface area contributed by atoms with E-state index in [0.717, 1.165) is 24.5 Å². The van der Waals surface area contributed by atoms with E-state index in [1.54, 1.807) is 18.3 Å². The van der Waals surface area contributed by atoms with Gasteiger partial charge in [0.25, 0.3) is 11.5 Å². The minimum absolute atomic E-state index is 0.109. The molecule has 4 rings (SSSR count). The van der Waals surface area contributed by atoms with Gasteiger partial charge in [-0.15, -0.1) is 0 Å². The highest BCUT2D eigenvalue weighted by atomic mass is 16.2. The summed E-state index contributed by atoms with van der Waals surface area (Å²) in [5.74, 6) is 1.22. The lowest BCUT2D eigenvalue weighted by atomic mass is 10.2. The lowest BCUT2D eigenvalue weighted by Crippen LogP contribution is -2.36. The standard InChI is InChI=1S/C18H22N6O3/c1-10-15(20-9-19-10)5-17(26)24-7-12-11(13(12)8-24)6-23(2)18(27)14-3-4-16(25)22-21-14/h3-4,9,11-13H,5-8H2,1-2H3,(H,19,20)(H,22,25)/t11?,12-,13+. The van der Waals surface area contributed by atoms with Crippen LogP contribution in [0.1, 0.15) is 21.9 Å². The summed E-state index contributed by atoms with van der Waals surface area (Å²) in [4.78, 5) is 46.6. The number of fused-ring (bicyclic) bond motifs is 1. The molecular weight excluding hydrogens is 348 g/mol. The van der Waals surface area contributed by atoms with Gasteiger partial charge in [0.2, 0.25) is 5.91 Å².